The van der Waals surface area contributed by atoms with Crippen LogP contribution in [0, 0.1) is 5.82 Å². The topological polar surface area (TPSA) is 72.6 Å². The predicted molar refractivity (Wildman–Crippen MR) is 69.0 cm³/mol. The van der Waals surface area contributed by atoms with Gasteiger partial charge in [0, 0.05) is 31.3 Å². The summed E-state index contributed by atoms with van der Waals surface area (Å²) >= 11 is 0. The molecule has 0 aliphatic rings. The van der Waals surface area contributed by atoms with Gasteiger partial charge in [-0.3, -0.25) is 9.59 Å². The number of ether oxygens (including phenoxy) is 1. The highest BCUT2D eigenvalue weighted by Gasteiger charge is 2.13. The molecule has 0 heterocycles. The van der Waals surface area contributed by atoms with Crippen LogP contribution in [0.4, 0.5) is 10.1 Å². The maximum absolute atomic E-state index is 13.1. The van der Waals surface area contributed by atoms with Gasteiger partial charge in [0.15, 0.2) is 0 Å². The zero-order valence-corrected chi connectivity index (χ0v) is 11.0. The first-order valence-corrected chi connectivity index (χ1v) is 5.82. The first-order chi connectivity index (χ1) is 8.93. The Balaban J connectivity index is 2.59. The predicted octanol–water partition coefficient (Wildman–Crippen LogP) is 1.43. The molecule has 1 amide bonds. The summed E-state index contributed by atoms with van der Waals surface area (Å²) in [5.41, 5.74) is 5.88. The van der Waals surface area contributed by atoms with Gasteiger partial charge in [0.05, 0.1) is 7.11 Å². The third-order valence-electron chi connectivity index (χ3n) is 2.62. The number of methoxy groups -OCH3 is 1. The molecule has 1 aromatic carbocycles. The van der Waals surface area contributed by atoms with Crippen molar-refractivity contribution >= 4 is 17.6 Å². The molecule has 0 aliphatic carbocycles. The van der Waals surface area contributed by atoms with Crippen LogP contribution in [0.15, 0.2) is 18.2 Å². The van der Waals surface area contributed by atoms with Crippen LogP contribution in [-0.4, -0.2) is 37.5 Å². The highest BCUT2D eigenvalue weighted by molar-refractivity contribution is 5.94. The summed E-state index contributed by atoms with van der Waals surface area (Å²) in [6, 6.07) is 3.70. The molecule has 0 radical (unpaired) electrons. The lowest BCUT2D eigenvalue weighted by molar-refractivity contribution is -0.140. The monoisotopic (exact) mass is 268 g/mol. The highest BCUT2D eigenvalue weighted by Crippen LogP contribution is 2.12. The zero-order valence-electron chi connectivity index (χ0n) is 11.0. The molecule has 0 spiro atoms. The van der Waals surface area contributed by atoms with E-state index in [1.165, 1.54) is 18.1 Å². The summed E-state index contributed by atoms with van der Waals surface area (Å²) in [6.45, 7) is 0.379. The van der Waals surface area contributed by atoms with Gasteiger partial charge in [0.2, 0.25) is 0 Å². The van der Waals surface area contributed by atoms with Gasteiger partial charge in [-0.2, -0.15) is 0 Å². The summed E-state index contributed by atoms with van der Waals surface area (Å²) in [5.74, 6) is -1.21. The van der Waals surface area contributed by atoms with E-state index >= 15 is 0 Å². The van der Waals surface area contributed by atoms with Gasteiger partial charge in [-0.15, -0.1) is 0 Å². The fraction of sp³-hybridized carbons (Fsp3) is 0.385. The minimum Gasteiger partial charge on any atom is -0.469 e. The quantitative estimate of drug-likeness (QED) is 0.647. The second kappa shape index (κ2) is 6.72. The van der Waals surface area contributed by atoms with Crippen molar-refractivity contribution in [1.29, 1.82) is 0 Å². The summed E-state index contributed by atoms with van der Waals surface area (Å²) < 4.78 is 17.6. The number of amides is 1. The van der Waals surface area contributed by atoms with Crippen LogP contribution in [0.2, 0.25) is 0 Å². The lowest BCUT2D eigenvalue weighted by atomic mass is 10.1. The molecule has 1 rings (SSSR count). The fourth-order valence-electron chi connectivity index (χ4n) is 1.62. The summed E-state index contributed by atoms with van der Waals surface area (Å²) in [4.78, 5) is 24.3. The SMILES string of the molecule is COC(=O)CCCN(C)C(=O)c1cc(N)cc(F)c1. The third kappa shape index (κ3) is 4.57. The zero-order chi connectivity index (χ0) is 14.4. The van der Waals surface area contributed by atoms with Crippen LogP contribution in [0.5, 0.6) is 0 Å². The number of esters is 1. The molecule has 0 unspecified atom stereocenters. The van der Waals surface area contributed by atoms with Gasteiger partial charge in [-0.1, -0.05) is 0 Å². The Hall–Kier alpha value is -2.11. The molecule has 19 heavy (non-hydrogen) atoms. The average Bonchev–Trinajstić information content (AvgIpc) is 2.36. The van der Waals surface area contributed by atoms with Crippen LogP contribution in [0.1, 0.15) is 23.2 Å². The smallest absolute Gasteiger partial charge is 0.305 e. The molecule has 5 nitrogen and oxygen atoms in total. The Labute approximate surface area is 111 Å². The Morgan fingerprint density at radius 3 is 2.63 bits per heavy atom. The minimum absolute atomic E-state index is 0.193. The molecule has 6 heteroatoms. The van der Waals surface area contributed by atoms with Crippen LogP contribution >= 0.6 is 0 Å². The number of anilines is 1. The van der Waals surface area contributed by atoms with Gasteiger partial charge in [0.25, 0.3) is 5.91 Å². The van der Waals surface area contributed by atoms with Crippen LogP contribution in [0.3, 0.4) is 0 Å². The molecule has 1 aromatic rings. The molecule has 0 saturated carbocycles. The summed E-state index contributed by atoms with van der Waals surface area (Å²) in [6.07, 6.45) is 0.721. The number of benzene rings is 1. The normalized spacial score (nSPS) is 10.1. The second-order valence-electron chi connectivity index (χ2n) is 4.18. The number of hydrogen-bond acceptors (Lipinski definition) is 4. The van der Waals surface area contributed by atoms with Crippen LogP contribution in [0.25, 0.3) is 0 Å². The Morgan fingerprint density at radius 1 is 1.37 bits per heavy atom. The highest BCUT2D eigenvalue weighted by atomic mass is 19.1. The minimum atomic E-state index is -0.550. The second-order valence-corrected chi connectivity index (χ2v) is 4.18. The Kier molecular flexibility index (Phi) is 5.29. The van der Waals surface area contributed by atoms with Gasteiger partial charge in [0.1, 0.15) is 5.82 Å². The van der Waals surface area contributed by atoms with E-state index in [-0.39, 0.29) is 29.5 Å². The number of halogens is 1. The molecule has 0 saturated heterocycles. The van der Waals surface area contributed by atoms with E-state index in [0.717, 1.165) is 12.1 Å². The maximum Gasteiger partial charge on any atom is 0.305 e. The molecule has 0 aliphatic heterocycles. The first-order valence-electron chi connectivity index (χ1n) is 5.82. The van der Waals surface area contributed by atoms with Crippen molar-refractivity contribution in [2.45, 2.75) is 12.8 Å². The maximum atomic E-state index is 13.1. The van der Waals surface area contributed by atoms with Crippen molar-refractivity contribution in [3.05, 3.63) is 29.6 Å². The third-order valence-corrected chi connectivity index (χ3v) is 2.62. The van der Waals surface area contributed by atoms with Crippen molar-refractivity contribution in [2.75, 3.05) is 26.4 Å². The number of nitrogens with zero attached hydrogens (tertiary/aromatic N) is 1. The van der Waals surface area contributed by atoms with E-state index in [0.29, 0.717) is 13.0 Å². The number of nitrogen functional groups attached to an aromatic ring is 1. The number of carbonyl (C=O) groups excluding carboxylic acids is 2. The van der Waals surface area contributed by atoms with Gasteiger partial charge < -0.3 is 15.4 Å². The Bertz CT molecular complexity index is 457. The van der Waals surface area contributed by atoms with E-state index in [2.05, 4.69) is 4.74 Å². The Morgan fingerprint density at radius 2 is 2.05 bits per heavy atom. The van der Waals surface area contributed by atoms with Gasteiger partial charge >= 0.3 is 5.97 Å². The van der Waals surface area contributed by atoms with E-state index < -0.39 is 5.82 Å². The molecular formula is C13H17FN2O3. The number of carbonyl (C=O) groups is 2. The molecule has 0 atom stereocenters. The number of hydrogen-bond donors (Lipinski definition) is 1. The molecule has 0 aromatic heterocycles. The van der Waals surface area contributed by atoms with E-state index in [1.54, 1.807) is 7.05 Å². The molecule has 2 N–H and O–H groups in total. The van der Waals surface area contributed by atoms with Crippen LogP contribution < -0.4 is 5.73 Å². The molecular weight excluding hydrogens is 251 g/mol. The largest absolute Gasteiger partial charge is 0.469 e. The average molecular weight is 268 g/mol. The summed E-state index contributed by atoms with van der Waals surface area (Å²) in [7, 11) is 2.90. The van der Waals surface area contributed by atoms with Gasteiger partial charge in [-0.25, -0.2) is 4.39 Å². The van der Waals surface area contributed by atoms with Crippen molar-refractivity contribution in [1.82, 2.24) is 4.90 Å². The van der Waals surface area contributed by atoms with Crippen LogP contribution in [-0.2, 0) is 9.53 Å². The lowest BCUT2D eigenvalue weighted by Crippen LogP contribution is -2.28. The summed E-state index contributed by atoms with van der Waals surface area (Å²) in [5, 5.41) is 0. The molecule has 0 bridgehead atoms. The lowest BCUT2D eigenvalue weighted by Gasteiger charge is -2.17. The van der Waals surface area contributed by atoms with Crippen molar-refractivity contribution in [2.24, 2.45) is 0 Å². The fourth-order valence-corrected chi connectivity index (χ4v) is 1.62. The standard InChI is InChI=1S/C13H17FN2O3/c1-16(5-3-4-12(17)19-2)13(18)9-6-10(14)8-11(15)7-9/h6-8H,3-5,15H2,1-2H3. The van der Waals surface area contributed by atoms with E-state index in [1.807, 2.05) is 0 Å². The van der Waals surface area contributed by atoms with Crippen molar-refractivity contribution < 1.29 is 18.7 Å². The van der Waals surface area contributed by atoms with E-state index in [4.69, 9.17) is 5.73 Å². The first kappa shape index (κ1) is 14.9. The van der Waals surface area contributed by atoms with Crippen molar-refractivity contribution in [3.8, 4) is 0 Å². The van der Waals surface area contributed by atoms with Crippen molar-refractivity contribution in [3.63, 3.8) is 0 Å². The number of rotatable bonds is 5. The number of nitrogens with two attached hydrogens (primary N) is 1. The van der Waals surface area contributed by atoms with Gasteiger partial charge in [-0.05, 0) is 24.6 Å². The van der Waals surface area contributed by atoms with E-state index in [9.17, 15) is 14.0 Å². The molecule has 0 fully saturated rings. The molecule has 104 valence electrons.